The average Bonchev–Trinajstić information content (AvgIpc) is 2.38. The number of benzene rings is 2. The highest BCUT2D eigenvalue weighted by atomic mass is 79.9. The van der Waals surface area contributed by atoms with E-state index in [1.165, 1.54) is 5.39 Å². The first kappa shape index (κ1) is 14.1. The third kappa shape index (κ3) is 3.57. The van der Waals surface area contributed by atoms with Crippen molar-refractivity contribution in [3.05, 3.63) is 48.0 Å². The van der Waals surface area contributed by atoms with Gasteiger partial charge in [-0.25, -0.2) is 0 Å². The fourth-order valence-corrected chi connectivity index (χ4v) is 2.21. The first-order valence-electron chi connectivity index (χ1n) is 6.35. The number of carbonyl (C=O) groups excluding carboxylic acids is 1. The molecule has 0 unspecified atom stereocenters. The summed E-state index contributed by atoms with van der Waals surface area (Å²) in [5.74, 6) is 0.0563. The SMILES string of the molecule is CC(C)(CBr)NC(=O)Cc1cccc2ccccc12. The molecule has 100 valence electrons. The molecule has 2 rings (SSSR count). The van der Waals surface area contributed by atoms with Crippen LogP contribution in [0.2, 0.25) is 0 Å². The Morgan fingerprint density at radius 3 is 2.58 bits per heavy atom. The molecule has 0 aliphatic heterocycles. The maximum absolute atomic E-state index is 12.1. The van der Waals surface area contributed by atoms with Gasteiger partial charge in [-0.1, -0.05) is 58.4 Å². The Morgan fingerprint density at radius 2 is 1.84 bits per heavy atom. The minimum absolute atomic E-state index is 0.0563. The zero-order valence-electron chi connectivity index (χ0n) is 11.2. The van der Waals surface area contributed by atoms with Gasteiger partial charge in [0.15, 0.2) is 0 Å². The summed E-state index contributed by atoms with van der Waals surface area (Å²) in [6, 6.07) is 14.2. The third-order valence-electron chi connectivity index (χ3n) is 3.04. The Kier molecular flexibility index (Phi) is 4.25. The maximum atomic E-state index is 12.1. The lowest BCUT2D eigenvalue weighted by Gasteiger charge is -2.23. The topological polar surface area (TPSA) is 29.1 Å². The molecule has 2 aromatic rings. The molecule has 0 bridgehead atoms. The van der Waals surface area contributed by atoms with E-state index < -0.39 is 0 Å². The van der Waals surface area contributed by atoms with E-state index in [1.807, 2.05) is 38.1 Å². The van der Waals surface area contributed by atoms with Crippen molar-refractivity contribution in [2.75, 3.05) is 5.33 Å². The van der Waals surface area contributed by atoms with Crippen molar-refractivity contribution >= 4 is 32.6 Å². The van der Waals surface area contributed by atoms with E-state index in [0.717, 1.165) is 16.3 Å². The second-order valence-corrected chi connectivity index (χ2v) is 5.94. The molecule has 1 N–H and O–H groups in total. The predicted molar refractivity (Wildman–Crippen MR) is 83.7 cm³/mol. The highest BCUT2D eigenvalue weighted by Gasteiger charge is 2.19. The monoisotopic (exact) mass is 319 g/mol. The smallest absolute Gasteiger partial charge is 0.224 e. The van der Waals surface area contributed by atoms with Crippen LogP contribution in [-0.2, 0) is 11.2 Å². The molecular weight excluding hydrogens is 302 g/mol. The molecule has 1 amide bonds. The number of carbonyl (C=O) groups is 1. The molecule has 2 nitrogen and oxygen atoms in total. The second-order valence-electron chi connectivity index (χ2n) is 5.38. The molecule has 3 heteroatoms. The lowest BCUT2D eigenvalue weighted by atomic mass is 10.0. The molecule has 0 aliphatic carbocycles. The summed E-state index contributed by atoms with van der Waals surface area (Å²) in [7, 11) is 0. The number of halogens is 1. The van der Waals surface area contributed by atoms with E-state index in [0.29, 0.717) is 6.42 Å². The average molecular weight is 320 g/mol. The van der Waals surface area contributed by atoms with Gasteiger partial charge >= 0.3 is 0 Å². The lowest BCUT2D eigenvalue weighted by molar-refractivity contribution is -0.121. The van der Waals surface area contributed by atoms with Crippen LogP contribution in [0.25, 0.3) is 10.8 Å². The quantitative estimate of drug-likeness (QED) is 0.856. The van der Waals surface area contributed by atoms with Gasteiger partial charge in [0, 0.05) is 10.9 Å². The van der Waals surface area contributed by atoms with Gasteiger partial charge < -0.3 is 5.32 Å². The van der Waals surface area contributed by atoms with Crippen LogP contribution in [-0.4, -0.2) is 16.8 Å². The van der Waals surface area contributed by atoms with E-state index in [4.69, 9.17) is 0 Å². The number of rotatable bonds is 4. The number of hydrogen-bond donors (Lipinski definition) is 1. The van der Waals surface area contributed by atoms with Gasteiger partial charge in [0.25, 0.3) is 0 Å². The minimum Gasteiger partial charge on any atom is -0.350 e. The standard InChI is InChI=1S/C16H18BrNO/c1-16(2,11-17)18-15(19)10-13-8-5-7-12-6-3-4-9-14(12)13/h3-9H,10-11H2,1-2H3,(H,18,19). The molecule has 19 heavy (non-hydrogen) atoms. The van der Waals surface area contributed by atoms with Crippen molar-refractivity contribution < 1.29 is 4.79 Å². The Morgan fingerprint density at radius 1 is 1.16 bits per heavy atom. The molecule has 0 aliphatic rings. The molecular formula is C16H18BrNO. The number of alkyl halides is 1. The van der Waals surface area contributed by atoms with E-state index in [2.05, 4.69) is 39.4 Å². The van der Waals surface area contributed by atoms with Crippen molar-refractivity contribution in [1.82, 2.24) is 5.32 Å². The molecule has 0 saturated heterocycles. The van der Waals surface area contributed by atoms with Crippen molar-refractivity contribution in [3.63, 3.8) is 0 Å². The molecule has 0 fully saturated rings. The van der Waals surface area contributed by atoms with Crippen molar-refractivity contribution in [1.29, 1.82) is 0 Å². The zero-order valence-corrected chi connectivity index (χ0v) is 12.8. The maximum Gasteiger partial charge on any atom is 0.224 e. The lowest BCUT2D eigenvalue weighted by Crippen LogP contribution is -2.45. The molecule has 0 spiro atoms. The van der Waals surface area contributed by atoms with Crippen LogP contribution in [0, 0.1) is 0 Å². The van der Waals surface area contributed by atoms with Gasteiger partial charge in [-0.3, -0.25) is 4.79 Å². The summed E-state index contributed by atoms with van der Waals surface area (Å²) in [5.41, 5.74) is 0.850. The number of hydrogen-bond acceptors (Lipinski definition) is 1. The second kappa shape index (κ2) is 5.74. The van der Waals surface area contributed by atoms with Crippen LogP contribution in [0.1, 0.15) is 19.4 Å². The fourth-order valence-electron chi connectivity index (χ4n) is 2.07. The van der Waals surface area contributed by atoms with Crippen LogP contribution in [0.3, 0.4) is 0 Å². The number of fused-ring (bicyclic) bond motifs is 1. The fraction of sp³-hybridized carbons (Fsp3) is 0.312. The Hall–Kier alpha value is -1.35. The van der Waals surface area contributed by atoms with Crippen molar-refractivity contribution in [2.45, 2.75) is 25.8 Å². The van der Waals surface area contributed by atoms with Crippen molar-refractivity contribution in [3.8, 4) is 0 Å². The van der Waals surface area contributed by atoms with Crippen LogP contribution in [0.4, 0.5) is 0 Å². The first-order valence-corrected chi connectivity index (χ1v) is 7.47. The van der Waals surface area contributed by atoms with Gasteiger partial charge in [0.2, 0.25) is 5.91 Å². The van der Waals surface area contributed by atoms with Gasteiger partial charge in [-0.15, -0.1) is 0 Å². The summed E-state index contributed by atoms with van der Waals surface area (Å²) in [6.45, 7) is 4.01. The third-order valence-corrected chi connectivity index (χ3v) is 4.44. The first-order chi connectivity index (χ1) is 9.02. The van der Waals surface area contributed by atoms with E-state index >= 15 is 0 Å². The van der Waals surface area contributed by atoms with Crippen LogP contribution < -0.4 is 5.32 Å². The van der Waals surface area contributed by atoms with E-state index in [-0.39, 0.29) is 11.4 Å². The summed E-state index contributed by atoms with van der Waals surface area (Å²) in [4.78, 5) is 12.1. The Labute approximate surface area is 122 Å². The van der Waals surface area contributed by atoms with Gasteiger partial charge in [-0.05, 0) is 30.2 Å². The Balaban J connectivity index is 2.20. The molecule has 0 radical (unpaired) electrons. The molecule has 0 heterocycles. The summed E-state index contributed by atoms with van der Waals surface area (Å²) < 4.78 is 0. The Bertz CT molecular complexity index is 587. The largest absolute Gasteiger partial charge is 0.350 e. The predicted octanol–water partition coefficient (Wildman–Crippen LogP) is 3.67. The summed E-state index contributed by atoms with van der Waals surface area (Å²) in [5, 5.41) is 6.09. The van der Waals surface area contributed by atoms with Gasteiger partial charge in [0.05, 0.1) is 6.42 Å². The number of amides is 1. The van der Waals surface area contributed by atoms with Crippen LogP contribution in [0.5, 0.6) is 0 Å². The zero-order chi connectivity index (χ0) is 13.9. The molecule has 2 aromatic carbocycles. The van der Waals surface area contributed by atoms with Crippen LogP contribution in [0.15, 0.2) is 42.5 Å². The number of nitrogens with one attached hydrogen (secondary N) is 1. The highest BCUT2D eigenvalue weighted by molar-refractivity contribution is 9.09. The van der Waals surface area contributed by atoms with E-state index in [1.54, 1.807) is 0 Å². The van der Waals surface area contributed by atoms with E-state index in [9.17, 15) is 4.79 Å². The van der Waals surface area contributed by atoms with Crippen molar-refractivity contribution in [2.24, 2.45) is 0 Å². The summed E-state index contributed by atoms with van der Waals surface area (Å²) >= 11 is 3.41. The highest BCUT2D eigenvalue weighted by Crippen LogP contribution is 2.19. The van der Waals surface area contributed by atoms with Gasteiger partial charge in [0.1, 0.15) is 0 Å². The molecule has 0 atom stereocenters. The molecule has 0 saturated carbocycles. The van der Waals surface area contributed by atoms with Gasteiger partial charge in [-0.2, -0.15) is 0 Å². The summed E-state index contributed by atoms with van der Waals surface area (Å²) in [6.07, 6.45) is 0.414. The minimum atomic E-state index is -0.221. The van der Waals surface area contributed by atoms with Crippen LogP contribution >= 0.6 is 15.9 Å². The normalized spacial score (nSPS) is 11.5. The molecule has 0 aromatic heterocycles.